The molecule has 2 fully saturated rings. The first-order valence-corrected chi connectivity index (χ1v) is 10.9. The molecule has 5 rings (SSSR count). The lowest BCUT2D eigenvalue weighted by Crippen LogP contribution is -2.30. The SMILES string of the molecule is S=C1N[C@H](c2ccccn2)[C@H](c2cccn2C2CCCCC2)N1Cc1ccco1. The third kappa shape index (κ3) is 3.57. The Morgan fingerprint density at radius 1 is 1.07 bits per heavy atom. The van der Waals surface area contributed by atoms with E-state index in [4.69, 9.17) is 16.6 Å². The van der Waals surface area contributed by atoms with Gasteiger partial charge in [-0.3, -0.25) is 4.98 Å². The highest BCUT2D eigenvalue weighted by atomic mass is 32.1. The summed E-state index contributed by atoms with van der Waals surface area (Å²) in [6, 6.07) is 15.1. The largest absolute Gasteiger partial charge is 0.467 e. The predicted molar refractivity (Wildman–Crippen MR) is 116 cm³/mol. The van der Waals surface area contributed by atoms with Gasteiger partial charge in [-0.05, 0) is 61.5 Å². The summed E-state index contributed by atoms with van der Waals surface area (Å²) in [5.74, 6) is 0.914. The molecule has 0 amide bonds. The smallest absolute Gasteiger partial charge is 0.170 e. The third-order valence-corrected chi connectivity index (χ3v) is 6.54. The van der Waals surface area contributed by atoms with Crippen LogP contribution < -0.4 is 5.32 Å². The highest BCUT2D eigenvalue weighted by Crippen LogP contribution is 2.41. The molecule has 1 saturated heterocycles. The third-order valence-electron chi connectivity index (χ3n) is 6.19. The van der Waals surface area contributed by atoms with Crippen molar-refractivity contribution in [2.75, 3.05) is 0 Å². The fraction of sp³-hybridized carbons (Fsp3) is 0.391. The number of furan rings is 1. The molecule has 2 atom stereocenters. The van der Waals surface area contributed by atoms with Crippen LogP contribution in [0.25, 0.3) is 0 Å². The summed E-state index contributed by atoms with van der Waals surface area (Å²) < 4.78 is 8.14. The fourth-order valence-corrected chi connectivity index (χ4v) is 5.12. The normalized spacial score (nSPS) is 22.8. The first-order chi connectivity index (χ1) is 14.3. The van der Waals surface area contributed by atoms with Crippen molar-refractivity contribution in [2.45, 2.75) is 56.8 Å². The molecule has 0 aromatic carbocycles. The molecule has 1 saturated carbocycles. The highest BCUT2D eigenvalue weighted by Gasteiger charge is 2.42. The zero-order valence-corrected chi connectivity index (χ0v) is 17.2. The molecule has 3 aromatic rings. The summed E-state index contributed by atoms with van der Waals surface area (Å²) in [4.78, 5) is 6.90. The Labute approximate surface area is 176 Å². The van der Waals surface area contributed by atoms with E-state index in [1.807, 2.05) is 30.5 Å². The Hall–Kier alpha value is -2.60. The maximum Gasteiger partial charge on any atom is 0.170 e. The minimum absolute atomic E-state index is 0.0101. The fourth-order valence-electron chi connectivity index (χ4n) is 4.82. The lowest BCUT2D eigenvalue weighted by atomic mass is 9.94. The first-order valence-electron chi connectivity index (χ1n) is 10.5. The van der Waals surface area contributed by atoms with Gasteiger partial charge in [0.1, 0.15) is 5.76 Å². The lowest BCUT2D eigenvalue weighted by molar-refractivity contribution is 0.261. The van der Waals surface area contributed by atoms with Crippen molar-refractivity contribution >= 4 is 17.3 Å². The number of thiocarbonyl (C=S) groups is 1. The number of aromatic nitrogens is 2. The topological polar surface area (TPSA) is 46.2 Å². The number of nitrogens with one attached hydrogen (secondary N) is 1. The van der Waals surface area contributed by atoms with Gasteiger partial charge >= 0.3 is 0 Å². The first kappa shape index (κ1) is 18.4. The number of rotatable bonds is 5. The number of pyridine rings is 1. The second kappa shape index (κ2) is 8.03. The lowest BCUT2D eigenvalue weighted by Gasteiger charge is -2.32. The average Bonchev–Trinajstić information content (AvgIpc) is 3.51. The molecule has 1 aliphatic heterocycles. The molecular weight excluding hydrogens is 380 g/mol. The van der Waals surface area contributed by atoms with Gasteiger partial charge in [-0.15, -0.1) is 0 Å². The molecule has 3 aromatic heterocycles. The molecule has 0 bridgehead atoms. The van der Waals surface area contributed by atoms with Crippen LogP contribution in [0.4, 0.5) is 0 Å². The van der Waals surface area contributed by atoms with E-state index in [-0.39, 0.29) is 12.1 Å². The molecule has 0 radical (unpaired) electrons. The molecular formula is C23H26N4OS. The number of hydrogen-bond acceptors (Lipinski definition) is 3. The van der Waals surface area contributed by atoms with E-state index in [0.29, 0.717) is 12.6 Å². The van der Waals surface area contributed by atoms with Crippen LogP contribution in [-0.4, -0.2) is 19.6 Å². The van der Waals surface area contributed by atoms with E-state index in [1.165, 1.54) is 37.8 Å². The van der Waals surface area contributed by atoms with E-state index in [1.54, 1.807) is 6.26 Å². The summed E-state index contributed by atoms with van der Waals surface area (Å²) >= 11 is 5.78. The van der Waals surface area contributed by atoms with E-state index in [9.17, 15) is 0 Å². The van der Waals surface area contributed by atoms with E-state index >= 15 is 0 Å². The van der Waals surface area contributed by atoms with Crippen LogP contribution >= 0.6 is 12.2 Å². The minimum atomic E-state index is 0.0101. The maximum absolute atomic E-state index is 5.78. The van der Waals surface area contributed by atoms with Gasteiger partial charge in [-0.2, -0.15) is 0 Å². The summed E-state index contributed by atoms with van der Waals surface area (Å²) in [5, 5.41) is 4.29. The van der Waals surface area contributed by atoms with Crippen molar-refractivity contribution in [3.63, 3.8) is 0 Å². The van der Waals surface area contributed by atoms with Gasteiger partial charge in [-0.1, -0.05) is 25.3 Å². The van der Waals surface area contributed by atoms with E-state index in [0.717, 1.165) is 16.6 Å². The van der Waals surface area contributed by atoms with E-state index in [2.05, 4.69) is 44.2 Å². The second-order valence-corrected chi connectivity index (χ2v) is 8.35. The van der Waals surface area contributed by atoms with Crippen LogP contribution in [-0.2, 0) is 6.54 Å². The molecule has 0 spiro atoms. The average molecular weight is 407 g/mol. The van der Waals surface area contributed by atoms with Gasteiger partial charge in [0.2, 0.25) is 0 Å². The van der Waals surface area contributed by atoms with Gasteiger partial charge in [-0.25, -0.2) is 0 Å². The molecule has 6 heteroatoms. The van der Waals surface area contributed by atoms with Crippen LogP contribution in [0.5, 0.6) is 0 Å². The molecule has 4 heterocycles. The van der Waals surface area contributed by atoms with Crippen molar-refractivity contribution in [3.05, 3.63) is 78.3 Å². The van der Waals surface area contributed by atoms with Crippen LogP contribution in [0, 0.1) is 0 Å². The number of nitrogens with zero attached hydrogens (tertiary/aromatic N) is 3. The molecule has 29 heavy (non-hydrogen) atoms. The van der Waals surface area contributed by atoms with Crippen LogP contribution in [0.2, 0.25) is 0 Å². The minimum Gasteiger partial charge on any atom is -0.467 e. The molecule has 2 aliphatic rings. The van der Waals surface area contributed by atoms with Crippen molar-refractivity contribution in [3.8, 4) is 0 Å². The standard InChI is InChI=1S/C23H26N4OS/c29-23-25-21(19-11-4-5-13-24-19)22(27(23)16-18-10-7-15-28-18)20-12-6-14-26(20)17-8-2-1-3-9-17/h4-7,10-15,17,21-22H,1-3,8-9,16H2,(H,25,29)/t21-,22+/m1/s1. The second-order valence-electron chi connectivity index (χ2n) is 7.97. The van der Waals surface area contributed by atoms with Gasteiger partial charge in [0.05, 0.1) is 30.6 Å². The van der Waals surface area contributed by atoms with Crippen molar-refractivity contribution < 1.29 is 4.42 Å². The molecule has 1 N–H and O–H groups in total. The Kier molecular flexibility index (Phi) is 5.10. The van der Waals surface area contributed by atoms with Gasteiger partial charge in [0.15, 0.2) is 5.11 Å². The predicted octanol–water partition coefficient (Wildman–Crippen LogP) is 5.15. The maximum atomic E-state index is 5.78. The van der Waals surface area contributed by atoms with Gasteiger partial charge in [0.25, 0.3) is 0 Å². The Morgan fingerprint density at radius 3 is 2.72 bits per heavy atom. The zero-order valence-electron chi connectivity index (χ0n) is 16.4. The summed E-state index contributed by atoms with van der Waals surface area (Å²) in [5.41, 5.74) is 2.31. The van der Waals surface area contributed by atoms with Crippen LogP contribution in [0.15, 0.2) is 65.5 Å². The summed E-state index contributed by atoms with van der Waals surface area (Å²) in [7, 11) is 0. The zero-order chi connectivity index (χ0) is 19.6. The molecule has 5 nitrogen and oxygen atoms in total. The van der Waals surface area contributed by atoms with E-state index < -0.39 is 0 Å². The Balaban J connectivity index is 1.55. The van der Waals surface area contributed by atoms with Gasteiger partial charge < -0.3 is 19.2 Å². The molecule has 0 unspecified atom stereocenters. The van der Waals surface area contributed by atoms with Crippen LogP contribution in [0.3, 0.4) is 0 Å². The monoisotopic (exact) mass is 406 g/mol. The summed E-state index contributed by atoms with van der Waals surface area (Å²) in [6.07, 6.45) is 12.3. The number of hydrogen-bond donors (Lipinski definition) is 1. The van der Waals surface area contributed by atoms with Crippen molar-refractivity contribution in [1.29, 1.82) is 0 Å². The van der Waals surface area contributed by atoms with Crippen LogP contribution in [0.1, 0.15) is 67.4 Å². The highest BCUT2D eigenvalue weighted by molar-refractivity contribution is 7.80. The Morgan fingerprint density at radius 2 is 1.97 bits per heavy atom. The van der Waals surface area contributed by atoms with Crippen molar-refractivity contribution in [1.82, 2.24) is 19.8 Å². The Bertz CT molecular complexity index is 946. The van der Waals surface area contributed by atoms with Crippen molar-refractivity contribution in [2.24, 2.45) is 0 Å². The summed E-state index contributed by atoms with van der Waals surface area (Å²) in [6.45, 7) is 0.642. The quantitative estimate of drug-likeness (QED) is 0.594. The molecule has 150 valence electrons. The molecule has 1 aliphatic carbocycles. The van der Waals surface area contributed by atoms with Gasteiger partial charge in [0, 0.05) is 24.1 Å².